The zero-order chi connectivity index (χ0) is 16.7. The van der Waals surface area contributed by atoms with E-state index in [1.165, 1.54) is 28.6 Å². The summed E-state index contributed by atoms with van der Waals surface area (Å²) in [6.45, 7) is 4.36. The molecule has 4 rings (SSSR count). The van der Waals surface area contributed by atoms with E-state index in [1.807, 2.05) is 6.92 Å². The molecular weight excluding hydrogens is 344 g/mol. The second-order valence-corrected chi connectivity index (χ2v) is 7.86. The van der Waals surface area contributed by atoms with Gasteiger partial charge in [0.05, 0.1) is 11.1 Å². The van der Waals surface area contributed by atoms with E-state index in [1.54, 1.807) is 22.8 Å². The van der Waals surface area contributed by atoms with Gasteiger partial charge in [-0.3, -0.25) is 9.36 Å². The lowest BCUT2D eigenvalue weighted by Crippen LogP contribution is -2.23. The van der Waals surface area contributed by atoms with Crippen LogP contribution >= 0.6 is 23.1 Å². The van der Waals surface area contributed by atoms with Crippen molar-refractivity contribution in [2.45, 2.75) is 57.0 Å². The SMILES string of the molecule is CCn1c(SCc2nnc(C)o2)nc2sc3c(c2c1=O)CCCC3. The number of hydrogen-bond donors (Lipinski definition) is 0. The van der Waals surface area contributed by atoms with Gasteiger partial charge in [0.2, 0.25) is 11.8 Å². The lowest BCUT2D eigenvalue weighted by molar-refractivity contribution is 0.485. The van der Waals surface area contributed by atoms with Gasteiger partial charge in [0.25, 0.3) is 5.56 Å². The van der Waals surface area contributed by atoms with Crippen molar-refractivity contribution in [1.29, 1.82) is 0 Å². The fourth-order valence-electron chi connectivity index (χ4n) is 3.13. The van der Waals surface area contributed by atoms with Crippen molar-refractivity contribution in [3.05, 3.63) is 32.6 Å². The predicted molar refractivity (Wildman–Crippen MR) is 94.8 cm³/mol. The zero-order valence-corrected chi connectivity index (χ0v) is 15.3. The van der Waals surface area contributed by atoms with E-state index in [-0.39, 0.29) is 5.56 Å². The van der Waals surface area contributed by atoms with Crippen LogP contribution in [0.15, 0.2) is 14.4 Å². The molecule has 0 saturated heterocycles. The molecule has 0 amide bonds. The highest BCUT2D eigenvalue weighted by Crippen LogP contribution is 2.34. The lowest BCUT2D eigenvalue weighted by atomic mass is 9.97. The average molecular weight is 362 g/mol. The number of rotatable bonds is 4. The lowest BCUT2D eigenvalue weighted by Gasteiger charge is -2.11. The summed E-state index contributed by atoms with van der Waals surface area (Å²) in [6.07, 6.45) is 4.45. The van der Waals surface area contributed by atoms with Gasteiger partial charge in [0.1, 0.15) is 4.83 Å². The second-order valence-electron chi connectivity index (χ2n) is 5.84. The minimum absolute atomic E-state index is 0.0890. The van der Waals surface area contributed by atoms with Gasteiger partial charge in [-0.05, 0) is 38.2 Å². The highest BCUT2D eigenvalue weighted by atomic mass is 32.2. The summed E-state index contributed by atoms with van der Waals surface area (Å²) in [5, 5.41) is 9.41. The number of aromatic nitrogens is 4. The van der Waals surface area contributed by atoms with Crippen LogP contribution in [0.5, 0.6) is 0 Å². The van der Waals surface area contributed by atoms with Gasteiger partial charge in [-0.15, -0.1) is 21.5 Å². The van der Waals surface area contributed by atoms with E-state index in [2.05, 4.69) is 10.2 Å². The highest BCUT2D eigenvalue weighted by Gasteiger charge is 2.22. The molecule has 0 bridgehead atoms. The molecule has 0 atom stereocenters. The van der Waals surface area contributed by atoms with Crippen LogP contribution in [0.2, 0.25) is 0 Å². The topological polar surface area (TPSA) is 73.8 Å². The normalized spacial score (nSPS) is 14.2. The number of aryl methyl sites for hydroxylation is 3. The maximum Gasteiger partial charge on any atom is 0.263 e. The second kappa shape index (κ2) is 6.33. The Morgan fingerprint density at radius 1 is 1.29 bits per heavy atom. The first-order chi connectivity index (χ1) is 11.7. The van der Waals surface area contributed by atoms with Crippen LogP contribution in [0, 0.1) is 6.92 Å². The Morgan fingerprint density at radius 3 is 2.88 bits per heavy atom. The van der Waals surface area contributed by atoms with Crippen molar-refractivity contribution in [3.63, 3.8) is 0 Å². The summed E-state index contributed by atoms with van der Waals surface area (Å²) in [4.78, 5) is 20.0. The van der Waals surface area contributed by atoms with Crippen LogP contribution in [-0.2, 0) is 25.1 Å². The van der Waals surface area contributed by atoms with Crippen molar-refractivity contribution in [2.75, 3.05) is 0 Å². The van der Waals surface area contributed by atoms with E-state index < -0.39 is 0 Å². The molecule has 0 radical (unpaired) electrons. The maximum atomic E-state index is 13.0. The quantitative estimate of drug-likeness (QED) is 0.523. The van der Waals surface area contributed by atoms with Crippen LogP contribution in [0.1, 0.15) is 42.0 Å². The smallest absolute Gasteiger partial charge is 0.263 e. The monoisotopic (exact) mass is 362 g/mol. The van der Waals surface area contributed by atoms with E-state index >= 15 is 0 Å². The standard InChI is InChI=1S/C16H18N4O2S2/c1-3-20-15(21)13-10-6-4-5-7-11(10)24-14(13)17-16(20)23-8-12-19-18-9(2)22-12/h3-8H2,1-2H3. The zero-order valence-electron chi connectivity index (χ0n) is 13.7. The molecule has 0 aliphatic heterocycles. The van der Waals surface area contributed by atoms with Crippen molar-refractivity contribution < 1.29 is 4.42 Å². The largest absolute Gasteiger partial charge is 0.425 e. The molecule has 3 aromatic rings. The predicted octanol–water partition coefficient (Wildman–Crippen LogP) is 3.34. The maximum absolute atomic E-state index is 13.0. The number of fused-ring (bicyclic) bond motifs is 3. The molecule has 24 heavy (non-hydrogen) atoms. The summed E-state index contributed by atoms with van der Waals surface area (Å²) in [5.74, 6) is 1.62. The Labute approximate surface area is 147 Å². The van der Waals surface area contributed by atoms with Crippen molar-refractivity contribution in [2.24, 2.45) is 0 Å². The molecule has 0 fully saturated rings. The molecular formula is C16H18N4O2S2. The number of thioether (sulfide) groups is 1. The van der Waals surface area contributed by atoms with Gasteiger partial charge in [0, 0.05) is 18.3 Å². The highest BCUT2D eigenvalue weighted by molar-refractivity contribution is 7.98. The van der Waals surface area contributed by atoms with Crippen molar-refractivity contribution >= 4 is 33.3 Å². The van der Waals surface area contributed by atoms with Crippen molar-refractivity contribution in [1.82, 2.24) is 19.7 Å². The average Bonchev–Trinajstić information content (AvgIpc) is 3.16. The first kappa shape index (κ1) is 15.8. The van der Waals surface area contributed by atoms with Gasteiger partial charge in [0.15, 0.2) is 5.16 Å². The van der Waals surface area contributed by atoms with Crippen LogP contribution in [0.25, 0.3) is 10.2 Å². The Hall–Kier alpha value is -1.67. The molecule has 3 heterocycles. The molecule has 8 heteroatoms. The third kappa shape index (κ3) is 2.67. The Bertz CT molecular complexity index is 957. The molecule has 1 aliphatic carbocycles. The van der Waals surface area contributed by atoms with E-state index in [9.17, 15) is 4.79 Å². The van der Waals surface area contributed by atoms with E-state index in [4.69, 9.17) is 9.40 Å². The molecule has 0 saturated carbocycles. The summed E-state index contributed by atoms with van der Waals surface area (Å²) < 4.78 is 7.17. The fourth-order valence-corrected chi connectivity index (χ4v) is 5.33. The van der Waals surface area contributed by atoms with Crippen LogP contribution in [0.3, 0.4) is 0 Å². The molecule has 6 nitrogen and oxygen atoms in total. The van der Waals surface area contributed by atoms with Gasteiger partial charge in [-0.25, -0.2) is 4.98 Å². The minimum atomic E-state index is 0.0890. The van der Waals surface area contributed by atoms with Crippen LogP contribution < -0.4 is 5.56 Å². The molecule has 0 aromatic carbocycles. The fraction of sp³-hybridized carbons (Fsp3) is 0.500. The Balaban J connectivity index is 1.76. The summed E-state index contributed by atoms with van der Waals surface area (Å²) >= 11 is 3.16. The molecule has 3 aromatic heterocycles. The third-order valence-corrected chi connectivity index (χ3v) is 6.40. The first-order valence-electron chi connectivity index (χ1n) is 8.14. The molecule has 1 aliphatic rings. The minimum Gasteiger partial charge on any atom is -0.425 e. The van der Waals surface area contributed by atoms with E-state index in [0.29, 0.717) is 24.1 Å². The molecule has 0 N–H and O–H groups in total. The molecule has 0 spiro atoms. The Kier molecular flexibility index (Phi) is 4.17. The van der Waals surface area contributed by atoms with Crippen molar-refractivity contribution in [3.8, 4) is 0 Å². The first-order valence-corrected chi connectivity index (χ1v) is 9.94. The summed E-state index contributed by atoms with van der Waals surface area (Å²) in [7, 11) is 0. The molecule has 126 valence electrons. The summed E-state index contributed by atoms with van der Waals surface area (Å²) in [6, 6.07) is 0. The van der Waals surface area contributed by atoms with Gasteiger partial charge in [-0.2, -0.15) is 0 Å². The van der Waals surface area contributed by atoms with Gasteiger partial charge >= 0.3 is 0 Å². The van der Waals surface area contributed by atoms with Crippen LogP contribution in [0.4, 0.5) is 0 Å². The summed E-state index contributed by atoms with van der Waals surface area (Å²) in [5.41, 5.74) is 1.33. The Morgan fingerprint density at radius 2 is 2.12 bits per heavy atom. The van der Waals surface area contributed by atoms with Gasteiger partial charge < -0.3 is 4.42 Å². The van der Waals surface area contributed by atoms with Gasteiger partial charge in [-0.1, -0.05) is 11.8 Å². The number of thiophene rings is 1. The number of hydrogen-bond acceptors (Lipinski definition) is 7. The van der Waals surface area contributed by atoms with E-state index in [0.717, 1.165) is 34.6 Å². The number of nitrogens with zero attached hydrogens (tertiary/aromatic N) is 4. The molecule has 0 unspecified atom stereocenters. The van der Waals surface area contributed by atoms with Crippen LogP contribution in [-0.4, -0.2) is 19.7 Å². The third-order valence-electron chi connectivity index (χ3n) is 4.25.